The molecular formula is C14H21N3O. The highest BCUT2D eigenvalue weighted by atomic mass is 16.3. The van der Waals surface area contributed by atoms with Gasteiger partial charge in [-0.05, 0) is 32.4 Å². The molecule has 0 saturated carbocycles. The van der Waals surface area contributed by atoms with Gasteiger partial charge < -0.3 is 10.0 Å². The Morgan fingerprint density at radius 1 is 1.39 bits per heavy atom. The van der Waals surface area contributed by atoms with Crippen molar-refractivity contribution in [2.75, 3.05) is 31.1 Å². The zero-order chi connectivity index (χ0) is 12.5. The van der Waals surface area contributed by atoms with E-state index in [-0.39, 0.29) is 0 Å². The van der Waals surface area contributed by atoms with Gasteiger partial charge in [0.1, 0.15) is 5.82 Å². The van der Waals surface area contributed by atoms with Gasteiger partial charge >= 0.3 is 0 Å². The van der Waals surface area contributed by atoms with Crippen molar-refractivity contribution < 1.29 is 5.11 Å². The maximum atomic E-state index is 9.85. The van der Waals surface area contributed by atoms with Crippen LogP contribution >= 0.6 is 0 Å². The Morgan fingerprint density at radius 3 is 3.11 bits per heavy atom. The summed E-state index contributed by atoms with van der Waals surface area (Å²) >= 11 is 0. The zero-order valence-corrected chi connectivity index (χ0v) is 10.9. The number of rotatable bonds is 2. The fourth-order valence-corrected chi connectivity index (χ4v) is 3.18. The third-order valence-corrected chi connectivity index (χ3v) is 4.15. The molecule has 2 saturated heterocycles. The van der Waals surface area contributed by atoms with Crippen LogP contribution in [0.2, 0.25) is 0 Å². The molecule has 4 nitrogen and oxygen atoms in total. The van der Waals surface area contributed by atoms with E-state index < -0.39 is 6.10 Å². The highest BCUT2D eigenvalue weighted by molar-refractivity contribution is 5.48. The normalized spacial score (nSPS) is 26.1. The van der Waals surface area contributed by atoms with Crippen LogP contribution in [0.5, 0.6) is 0 Å². The first-order valence-electron chi connectivity index (χ1n) is 6.87. The Balaban J connectivity index is 1.82. The van der Waals surface area contributed by atoms with Gasteiger partial charge in [0, 0.05) is 37.4 Å². The van der Waals surface area contributed by atoms with Crippen LogP contribution in [0.15, 0.2) is 18.3 Å². The Hall–Kier alpha value is -1.13. The summed E-state index contributed by atoms with van der Waals surface area (Å²) in [7, 11) is 0. The van der Waals surface area contributed by atoms with Crippen molar-refractivity contribution in [2.45, 2.75) is 31.9 Å². The summed E-state index contributed by atoms with van der Waals surface area (Å²) in [4.78, 5) is 9.41. The van der Waals surface area contributed by atoms with E-state index >= 15 is 0 Å². The van der Waals surface area contributed by atoms with Gasteiger partial charge in [-0.2, -0.15) is 0 Å². The molecule has 18 heavy (non-hydrogen) atoms. The lowest BCUT2D eigenvalue weighted by Gasteiger charge is -2.39. The van der Waals surface area contributed by atoms with Crippen LogP contribution in [0.1, 0.15) is 31.4 Å². The molecular weight excluding hydrogens is 226 g/mol. The quantitative estimate of drug-likeness (QED) is 0.858. The van der Waals surface area contributed by atoms with Crippen LogP contribution in [0, 0.1) is 0 Å². The molecule has 0 radical (unpaired) electrons. The third kappa shape index (κ3) is 2.10. The lowest BCUT2D eigenvalue weighted by Crippen LogP contribution is -2.50. The molecule has 0 amide bonds. The third-order valence-electron chi connectivity index (χ3n) is 4.15. The van der Waals surface area contributed by atoms with E-state index in [0.29, 0.717) is 6.04 Å². The van der Waals surface area contributed by atoms with E-state index in [4.69, 9.17) is 0 Å². The number of anilines is 1. The molecule has 2 fully saturated rings. The summed E-state index contributed by atoms with van der Waals surface area (Å²) in [6, 6.07) is 4.56. The summed E-state index contributed by atoms with van der Waals surface area (Å²) < 4.78 is 0. The number of aliphatic hydroxyl groups excluding tert-OH is 1. The highest BCUT2D eigenvalue weighted by Gasteiger charge is 2.31. The van der Waals surface area contributed by atoms with Gasteiger partial charge in [0.25, 0.3) is 0 Å². The average Bonchev–Trinajstić information content (AvgIpc) is 2.85. The van der Waals surface area contributed by atoms with Gasteiger partial charge in [0.05, 0.1) is 6.10 Å². The predicted octanol–water partition coefficient (Wildman–Crippen LogP) is 1.42. The lowest BCUT2D eigenvalue weighted by atomic mass is 10.1. The predicted molar refractivity (Wildman–Crippen MR) is 71.7 cm³/mol. The van der Waals surface area contributed by atoms with Crippen LogP contribution in [-0.2, 0) is 0 Å². The lowest BCUT2D eigenvalue weighted by molar-refractivity contribution is 0.197. The molecule has 1 aromatic rings. The highest BCUT2D eigenvalue weighted by Crippen LogP contribution is 2.28. The first kappa shape index (κ1) is 11.9. The first-order valence-corrected chi connectivity index (χ1v) is 6.87. The molecule has 1 N–H and O–H groups in total. The molecule has 0 bridgehead atoms. The smallest absolute Gasteiger partial charge is 0.134 e. The minimum Gasteiger partial charge on any atom is -0.389 e. The molecule has 0 aliphatic carbocycles. The fourth-order valence-electron chi connectivity index (χ4n) is 3.18. The van der Waals surface area contributed by atoms with Gasteiger partial charge in [-0.15, -0.1) is 0 Å². The number of pyridine rings is 1. The van der Waals surface area contributed by atoms with Gasteiger partial charge in [0.15, 0.2) is 0 Å². The second kappa shape index (κ2) is 4.86. The van der Waals surface area contributed by atoms with Crippen molar-refractivity contribution in [1.82, 2.24) is 9.88 Å². The average molecular weight is 247 g/mol. The monoisotopic (exact) mass is 247 g/mol. The summed E-state index contributed by atoms with van der Waals surface area (Å²) in [5, 5.41) is 9.85. The van der Waals surface area contributed by atoms with Crippen molar-refractivity contribution in [3.05, 3.63) is 23.9 Å². The molecule has 0 aromatic carbocycles. The molecule has 1 aromatic heterocycles. The Kier molecular flexibility index (Phi) is 3.22. The molecule has 1 unspecified atom stereocenters. The largest absolute Gasteiger partial charge is 0.389 e. The van der Waals surface area contributed by atoms with E-state index in [1.165, 1.54) is 19.4 Å². The Morgan fingerprint density at radius 2 is 2.28 bits per heavy atom. The minimum absolute atomic E-state index is 0.449. The minimum atomic E-state index is -0.449. The molecule has 3 heterocycles. The molecule has 3 rings (SSSR count). The number of hydrogen-bond acceptors (Lipinski definition) is 4. The Labute approximate surface area is 108 Å². The maximum absolute atomic E-state index is 9.85. The van der Waals surface area contributed by atoms with Crippen LogP contribution in [0.25, 0.3) is 0 Å². The fraction of sp³-hybridized carbons (Fsp3) is 0.643. The van der Waals surface area contributed by atoms with Gasteiger partial charge in [-0.1, -0.05) is 6.07 Å². The SMILES string of the molecule is C[C@H](O)c1cccnc1N1CCN2CCCC2C1. The van der Waals surface area contributed by atoms with Gasteiger partial charge in [0.2, 0.25) is 0 Å². The van der Waals surface area contributed by atoms with Gasteiger partial charge in [-0.3, -0.25) is 4.90 Å². The van der Waals surface area contributed by atoms with Crippen LogP contribution in [0.4, 0.5) is 5.82 Å². The maximum Gasteiger partial charge on any atom is 0.134 e. The number of piperazine rings is 1. The van der Waals surface area contributed by atoms with E-state index in [9.17, 15) is 5.11 Å². The molecule has 98 valence electrons. The molecule has 2 aliphatic heterocycles. The molecule has 4 heteroatoms. The van der Waals surface area contributed by atoms with Crippen molar-refractivity contribution in [3.8, 4) is 0 Å². The summed E-state index contributed by atoms with van der Waals surface area (Å²) in [6.07, 6.45) is 4.00. The van der Waals surface area contributed by atoms with Crippen LogP contribution in [0.3, 0.4) is 0 Å². The van der Waals surface area contributed by atoms with Crippen molar-refractivity contribution in [1.29, 1.82) is 0 Å². The van der Waals surface area contributed by atoms with E-state index in [0.717, 1.165) is 31.0 Å². The Bertz CT molecular complexity index is 421. The standard InChI is InChI=1S/C14H21N3O/c1-11(18)13-5-2-6-15-14(13)17-9-8-16-7-3-4-12(16)10-17/h2,5-6,11-12,18H,3-4,7-10H2,1H3/t11-,12?/m0/s1. The van der Waals surface area contributed by atoms with Crippen molar-refractivity contribution >= 4 is 5.82 Å². The number of aliphatic hydroxyl groups is 1. The van der Waals surface area contributed by atoms with E-state index in [1.807, 2.05) is 25.3 Å². The molecule has 2 atom stereocenters. The second-order valence-corrected chi connectivity index (χ2v) is 5.37. The van der Waals surface area contributed by atoms with E-state index in [1.54, 1.807) is 0 Å². The molecule has 2 aliphatic rings. The van der Waals surface area contributed by atoms with Crippen LogP contribution < -0.4 is 4.90 Å². The van der Waals surface area contributed by atoms with Crippen LogP contribution in [-0.4, -0.2) is 47.2 Å². The molecule has 0 spiro atoms. The topological polar surface area (TPSA) is 39.6 Å². The zero-order valence-electron chi connectivity index (χ0n) is 10.9. The number of fused-ring (bicyclic) bond motifs is 1. The van der Waals surface area contributed by atoms with E-state index in [2.05, 4.69) is 14.8 Å². The second-order valence-electron chi connectivity index (χ2n) is 5.37. The summed E-state index contributed by atoms with van der Waals surface area (Å²) in [5.41, 5.74) is 0.948. The first-order chi connectivity index (χ1) is 8.75. The summed E-state index contributed by atoms with van der Waals surface area (Å²) in [5.74, 6) is 0.971. The van der Waals surface area contributed by atoms with Crippen molar-refractivity contribution in [2.24, 2.45) is 0 Å². The number of hydrogen-bond donors (Lipinski definition) is 1. The number of nitrogens with zero attached hydrogens (tertiary/aromatic N) is 3. The summed E-state index contributed by atoms with van der Waals surface area (Å²) in [6.45, 7) is 6.26. The van der Waals surface area contributed by atoms with Crippen molar-refractivity contribution in [3.63, 3.8) is 0 Å². The van der Waals surface area contributed by atoms with Gasteiger partial charge in [-0.25, -0.2) is 4.98 Å². The number of aromatic nitrogens is 1.